The number of Topliss-reactive ketones (excluding diaryl/α,β-unsaturated/α-hetero) is 1. The minimum absolute atomic E-state index is 0.0890. The largest absolute Gasteiger partial charge is 0.354 e. The predicted octanol–water partition coefficient (Wildman–Crippen LogP) is 3.55. The van der Waals surface area contributed by atoms with Gasteiger partial charge in [-0.3, -0.25) is 9.59 Å². The van der Waals surface area contributed by atoms with Gasteiger partial charge in [0.2, 0.25) is 0 Å². The van der Waals surface area contributed by atoms with Gasteiger partial charge in [0.15, 0.2) is 5.78 Å². The smallest absolute Gasteiger partial charge is 0.268 e. The Morgan fingerprint density at radius 2 is 1.97 bits per heavy atom. The molecule has 0 spiro atoms. The van der Waals surface area contributed by atoms with Crippen LogP contribution in [0.2, 0.25) is 0 Å². The van der Waals surface area contributed by atoms with Crippen LogP contribution in [-0.2, 0) is 6.42 Å². The molecule has 0 radical (unpaired) electrons. The van der Waals surface area contributed by atoms with Gasteiger partial charge in [-0.1, -0.05) is 26.0 Å². The topological polar surface area (TPSA) is 92.7 Å². The molecule has 7 heteroatoms. The number of aromatic amines is 1. The molecule has 0 unspecified atom stereocenters. The monoisotopic (exact) mass is 391 g/mol. The molecule has 1 aliphatic rings. The number of ketones is 1. The second-order valence-corrected chi connectivity index (χ2v) is 8.55. The molecule has 1 amide bonds. The minimum atomic E-state index is -0.199. The lowest BCUT2D eigenvalue weighted by Crippen LogP contribution is -2.27. The molecule has 1 aromatic carbocycles. The summed E-state index contributed by atoms with van der Waals surface area (Å²) in [7, 11) is 0. The van der Waals surface area contributed by atoms with E-state index < -0.39 is 0 Å². The van der Waals surface area contributed by atoms with E-state index in [4.69, 9.17) is 0 Å². The van der Waals surface area contributed by atoms with Crippen LogP contribution < -0.4 is 5.32 Å². The Kier molecular flexibility index (Phi) is 4.61. The highest BCUT2D eigenvalue weighted by atomic mass is 16.2. The second kappa shape index (κ2) is 6.99. The van der Waals surface area contributed by atoms with E-state index in [0.29, 0.717) is 17.7 Å². The van der Waals surface area contributed by atoms with E-state index in [2.05, 4.69) is 34.2 Å². The van der Waals surface area contributed by atoms with Crippen LogP contribution in [0.25, 0.3) is 5.69 Å². The summed E-state index contributed by atoms with van der Waals surface area (Å²) in [6.45, 7) is 7.94. The SMILES string of the molecule is Cc1c(C(=O)N[C@@H](C)c2ccc(-n3cncn3)cc2)[nH]c2c1C(=O)CC(C)(C)C2. The number of benzene rings is 1. The first-order chi connectivity index (χ1) is 13.7. The zero-order chi connectivity index (χ0) is 20.8. The van der Waals surface area contributed by atoms with Crippen molar-refractivity contribution in [3.8, 4) is 5.69 Å². The zero-order valence-electron chi connectivity index (χ0n) is 17.1. The summed E-state index contributed by atoms with van der Waals surface area (Å²) in [4.78, 5) is 32.6. The van der Waals surface area contributed by atoms with Gasteiger partial charge in [-0.05, 0) is 48.9 Å². The van der Waals surface area contributed by atoms with Crippen molar-refractivity contribution in [3.63, 3.8) is 0 Å². The molecular weight excluding hydrogens is 366 g/mol. The number of amides is 1. The molecule has 2 aromatic heterocycles. The standard InChI is InChI=1S/C22H25N5O2/c1-13-19-17(9-22(3,4)10-18(19)28)26-20(13)21(29)25-14(2)15-5-7-16(8-6-15)27-12-23-11-24-27/h5-8,11-12,14,26H,9-10H2,1-4H3,(H,25,29)/t14-/m0/s1. The second-order valence-electron chi connectivity index (χ2n) is 8.55. The summed E-state index contributed by atoms with van der Waals surface area (Å²) >= 11 is 0. The Morgan fingerprint density at radius 3 is 2.62 bits per heavy atom. The molecule has 150 valence electrons. The number of hydrogen-bond acceptors (Lipinski definition) is 4. The van der Waals surface area contributed by atoms with Crippen LogP contribution in [0, 0.1) is 12.3 Å². The highest BCUT2D eigenvalue weighted by Crippen LogP contribution is 2.36. The maximum Gasteiger partial charge on any atom is 0.268 e. The highest BCUT2D eigenvalue weighted by Gasteiger charge is 2.35. The third-order valence-corrected chi connectivity index (χ3v) is 5.55. The van der Waals surface area contributed by atoms with Crippen LogP contribution in [0.4, 0.5) is 0 Å². The van der Waals surface area contributed by atoms with Gasteiger partial charge in [0.05, 0.1) is 11.7 Å². The van der Waals surface area contributed by atoms with Gasteiger partial charge in [0.25, 0.3) is 5.91 Å². The first-order valence-electron chi connectivity index (χ1n) is 9.75. The van der Waals surface area contributed by atoms with Crippen molar-refractivity contribution < 1.29 is 9.59 Å². The number of hydrogen-bond donors (Lipinski definition) is 2. The van der Waals surface area contributed by atoms with Crippen molar-refractivity contribution in [1.29, 1.82) is 0 Å². The molecule has 3 aromatic rings. The Morgan fingerprint density at radius 1 is 1.24 bits per heavy atom. The maximum absolute atomic E-state index is 12.9. The normalized spacial score (nSPS) is 16.3. The maximum atomic E-state index is 12.9. The molecule has 2 N–H and O–H groups in total. The first kappa shape index (κ1) is 19.1. The van der Waals surface area contributed by atoms with Crippen molar-refractivity contribution in [2.45, 2.75) is 46.6 Å². The average molecular weight is 391 g/mol. The molecular formula is C22H25N5O2. The highest BCUT2D eigenvalue weighted by molar-refractivity contribution is 6.04. The fourth-order valence-electron chi connectivity index (χ4n) is 4.07. The van der Waals surface area contributed by atoms with E-state index in [1.807, 2.05) is 38.1 Å². The molecule has 1 atom stereocenters. The lowest BCUT2D eigenvalue weighted by atomic mass is 9.75. The van der Waals surface area contributed by atoms with Crippen molar-refractivity contribution in [3.05, 3.63) is 65.0 Å². The van der Waals surface area contributed by atoms with E-state index >= 15 is 0 Å². The molecule has 29 heavy (non-hydrogen) atoms. The Hall–Kier alpha value is -3.22. The van der Waals surface area contributed by atoms with E-state index in [1.54, 1.807) is 11.0 Å². The van der Waals surface area contributed by atoms with Gasteiger partial charge in [-0.15, -0.1) is 0 Å². The van der Waals surface area contributed by atoms with E-state index in [-0.39, 0.29) is 23.1 Å². The molecule has 4 rings (SSSR count). The van der Waals surface area contributed by atoms with Gasteiger partial charge in [0, 0.05) is 17.7 Å². The molecule has 0 saturated carbocycles. The van der Waals surface area contributed by atoms with Crippen molar-refractivity contribution in [2.75, 3.05) is 0 Å². The molecule has 0 saturated heterocycles. The summed E-state index contributed by atoms with van der Waals surface area (Å²) in [5.41, 5.74) is 4.58. The third kappa shape index (κ3) is 3.60. The van der Waals surface area contributed by atoms with Crippen LogP contribution in [0.1, 0.15) is 70.9 Å². The lowest BCUT2D eigenvalue weighted by molar-refractivity contribution is 0.0909. The van der Waals surface area contributed by atoms with Crippen LogP contribution in [0.3, 0.4) is 0 Å². The number of aromatic nitrogens is 4. The van der Waals surface area contributed by atoms with Gasteiger partial charge < -0.3 is 10.3 Å². The Labute approximate surface area is 169 Å². The van der Waals surface area contributed by atoms with E-state index in [1.165, 1.54) is 6.33 Å². The van der Waals surface area contributed by atoms with Gasteiger partial charge in [-0.2, -0.15) is 5.10 Å². The number of fused-ring (bicyclic) bond motifs is 1. The number of H-pyrrole nitrogens is 1. The van der Waals surface area contributed by atoms with Crippen LogP contribution in [0.5, 0.6) is 0 Å². The fourth-order valence-corrected chi connectivity index (χ4v) is 4.07. The Balaban J connectivity index is 1.52. The predicted molar refractivity (Wildman–Crippen MR) is 109 cm³/mol. The quantitative estimate of drug-likeness (QED) is 0.711. The third-order valence-electron chi connectivity index (χ3n) is 5.55. The van der Waals surface area contributed by atoms with Crippen molar-refractivity contribution in [2.24, 2.45) is 5.41 Å². The summed E-state index contributed by atoms with van der Waals surface area (Å²) in [6.07, 6.45) is 4.40. The molecule has 1 aliphatic carbocycles. The Bertz CT molecular complexity index is 1060. The number of carbonyl (C=O) groups is 2. The molecule has 0 aliphatic heterocycles. The zero-order valence-corrected chi connectivity index (χ0v) is 17.1. The van der Waals surface area contributed by atoms with Gasteiger partial charge in [-0.25, -0.2) is 9.67 Å². The molecule has 0 bridgehead atoms. The molecule has 0 fully saturated rings. The summed E-state index contributed by atoms with van der Waals surface area (Å²) in [5.74, 6) is -0.0869. The average Bonchev–Trinajstić information content (AvgIpc) is 3.29. The summed E-state index contributed by atoms with van der Waals surface area (Å²) < 4.78 is 1.68. The van der Waals surface area contributed by atoms with Crippen LogP contribution in [-0.4, -0.2) is 31.4 Å². The minimum Gasteiger partial charge on any atom is -0.354 e. The number of rotatable bonds is 4. The number of nitrogens with one attached hydrogen (secondary N) is 2. The fraction of sp³-hybridized carbons (Fsp3) is 0.364. The first-order valence-corrected chi connectivity index (χ1v) is 9.75. The van der Waals surface area contributed by atoms with Crippen LogP contribution in [0.15, 0.2) is 36.9 Å². The summed E-state index contributed by atoms with van der Waals surface area (Å²) in [5, 5.41) is 7.15. The van der Waals surface area contributed by atoms with Gasteiger partial charge in [0.1, 0.15) is 18.3 Å². The number of nitrogens with zero attached hydrogens (tertiary/aromatic N) is 3. The molecule has 2 heterocycles. The molecule has 7 nitrogen and oxygen atoms in total. The lowest BCUT2D eigenvalue weighted by Gasteiger charge is -2.28. The van der Waals surface area contributed by atoms with Crippen molar-refractivity contribution in [1.82, 2.24) is 25.1 Å². The summed E-state index contributed by atoms with van der Waals surface area (Å²) in [6, 6.07) is 7.61. The van der Waals surface area contributed by atoms with Gasteiger partial charge >= 0.3 is 0 Å². The van der Waals surface area contributed by atoms with E-state index in [9.17, 15) is 9.59 Å². The van der Waals surface area contributed by atoms with E-state index in [0.717, 1.165) is 28.9 Å². The van der Waals surface area contributed by atoms with Crippen LogP contribution >= 0.6 is 0 Å². The van der Waals surface area contributed by atoms with Crippen molar-refractivity contribution >= 4 is 11.7 Å². The number of carbonyl (C=O) groups excluding carboxylic acids is 2.